The van der Waals surface area contributed by atoms with E-state index < -0.39 is 6.10 Å². The molecule has 0 spiro atoms. The number of aliphatic hydroxyl groups excluding tert-OH is 1. The normalized spacial score (nSPS) is 12.8. The summed E-state index contributed by atoms with van der Waals surface area (Å²) in [5.41, 5.74) is 5.64. The second kappa shape index (κ2) is 4.46. The van der Waals surface area contributed by atoms with E-state index in [2.05, 4.69) is 0 Å². The fourth-order valence-corrected chi connectivity index (χ4v) is 1.45. The van der Waals surface area contributed by atoms with E-state index in [1.165, 1.54) is 6.07 Å². The molecule has 1 atom stereocenters. The third-order valence-electron chi connectivity index (χ3n) is 1.80. The summed E-state index contributed by atoms with van der Waals surface area (Å²) in [6, 6.07) is 4.73. The predicted octanol–water partition coefficient (Wildman–Crippen LogP) is 1.43. The summed E-state index contributed by atoms with van der Waals surface area (Å²) >= 11 is 5.80. The molecule has 1 aromatic rings. The van der Waals surface area contributed by atoms with E-state index >= 15 is 0 Å². The zero-order chi connectivity index (χ0) is 9.84. The van der Waals surface area contributed by atoms with Gasteiger partial charge in [0.25, 0.3) is 0 Å². The highest BCUT2D eigenvalue weighted by molar-refractivity contribution is 6.31. The fourth-order valence-electron chi connectivity index (χ4n) is 1.16. The Hall–Kier alpha value is -0.770. The van der Waals surface area contributed by atoms with Crippen LogP contribution in [0, 0.1) is 0 Å². The number of benzene rings is 1. The number of hydrogen-bond acceptors (Lipinski definition) is 3. The van der Waals surface area contributed by atoms with Crippen LogP contribution >= 0.6 is 11.6 Å². The minimum atomic E-state index is -0.793. The van der Waals surface area contributed by atoms with Gasteiger partial charge in [0, 0.05) is 5.56 Å². The second-order valence-electron chi connectivity index (χ2n) is 2.77. The van der Waals surface area contributed by atoms with Crippen LogP contribution < -0.4 is 5.73 Å². The number of aliphatic hydroxyl groups is 1. The van der Waals surface area contributed by atoms with E-state index in [1.54, 1.807) is 12.1 Å². The molecule has 0 fully saturated rings. The maximum atomic E-state index is 9.56. The lowest BCUT2D eigenvalue weighted by molar-refractivity contribution is 0.166. The molecule has 1 rings (SSSR count). The van der Waals surface area contributed by atoms with Gasteiger partial charge in [-0.2, -0.15) is 0 Å². The Morgan fingerprint density at radius 2 is 2.15 bits per heavy atom. The van der Waals surface area contributed by atoms with Crippen molar-refractivity contribution in [3.8, 4) is 5.75 Å². The maximum absolute atomic E-state index is 9.56. The van der Waals surface area contributed by atoms with E-state index in [0.29, 0.717) is 23.6 Å². The lowest BCUT2D eigenvalue weighted by atomic mass is 10.1. The lowest BCUT2D eigenvalue weighted by Gasteiger charge is -2.12. The molecule has 0 radical (unpaired) electrons. The Morgan fingerprint density at radius 1 is 1.46 bits per heavy atom. The first-order valence-corrected chi connectivity index (χ1v) is 4.40. The molecule has 1 aromatic carbocycles. The van der Waals surface area contributed by atoms with Crippen LogP contribution in [0.5, 0.6) is 5.75 Å². The summed E-state index contributed by atoms with van der Waals surface area (Å²) in [5.74, 6) is 0.00782. The van der Waals surface area contributed by atoms with Crippen LogP contribution in [0.2, 0.25) is 5.02 Å². The van der Waals surface area contributed by atoms with Crippen molar-refractivity contribution in [3.63, 3.8) is 0 Å². The Kier molecular flexibility index (Phi) is 3.54. The Labute approximate surface area is 81.8 Å². The molecule has 0 heterocycles. The van der Waals surface area contributed by atoms with Crippen LogP contribution in [0.25, 0.3) is 0 Å². The van der Waals surface area contributed by atoms with E-state index in [0.717, 1.165) is 0 Å². The van der Waals surface area contributed by atoms with Gasteiger partial charge in [0.1, 0.15) is 5.75 Å². The first kappa shape index (κ1) is 10.3. The Bertz CT molecular complexity index is 271. The van der Waals surface area contributed by atoms with E-state index in [1.807, 2.05) is 0 Å². The molecule has 0 aliphatic carbocycles. The van der Waals surface area contributed by atoms with Gasteiger partial charge in [-0.1, -0.05) is 17.7 Å². The smallest absolute Gasteiger partial charge is 0.122 e. The average Bonchev–Trinajstić information content (AvgIpc) is 2.04. The summed E-state index contributed by atoms with van der Waals surface area (Å²) in [6.45, 7) is 0.353. The molecule has 0 saturated carbocycles. The molecule has 4 N–H and O–H groups in total. The summed E-state index contributed by atoms with van der Waals surface area (Å²) in [5, 5.41) is 19.3. The number of phenols is 1. The standard InChI is InChI=1S/C9H12ClNO2/c10-6-2-1-3-7(12)9(6)8(13)4-5-11/h1-3,8,12-13H,4-5,11H2/t8-/m1/s1. The Morgan fingerprint density at radius 3 is 2.69 bits per heavy atom. The van der Waals surface area contributed by atoms with Crippen LogP contribution in [0.4, 0.5) is 0 Å². The molecule has 0 unspecified atom stereocenters. The van der Waals surface area contributed by atoms with Gasteiger partial charge in [-0.05, 0) is 25.1 Å². The van der Waals surface area contributed by atoms with Crippen LogP contribution in [-0.2, 0) is 0 Å². The monoisotopic (exact) mass is 201 g/mol. The summed E-state index contributed by atoms with van der Waals surface area (Å²) in [7, 11) is 0. The minimum Gasteiger partial charge on any atom is -0.508 e. The molecule has 0 bridgehead atoms. The number of halogens is 1. The number of hydrogen-bond donors (Lipinski definition) is 3. The topological polar surface area (TPSA) is 66.5 Å². The van der Waals surface area contributed by atoms with E-state index in [4.69, 9.17) is 17.3 Å². The quantitative estimate of drug-likeness (QED) is 0.693. The first-order valence-electron chi connectivity index (χ1n) is 4.02. The lowest BCUT2D eigenvalue weighted by Crippen LogP contribution is -2.07. The molecule has 0 saturated heterocycles. The summed E-state index contributed by atoms with van der Waals surface area (Å²) < 4.78 is 0. The zero-order valence-electron chi connectivity index (χ0n) is 7.07. The number of rotatable bonds is 3. The number of nitrogens with two attached hydrogens (primary N) is 1. The molecule has 0 aromatic heterocycles. The van der Waals surface area contributed by atoms with Crippen LogP contribution in [-0.4, -0.2) is 16.8 Å². The highest BCUT2D eigenvalue weighted by Gasteiger charge is 2.14. The molecule has 72 valence electrons. The molecule has 13 heavy (non-hydrogen) atoms. The molecule has 4 heteroatoms. The van der Waals surface area contributed by atoms with Crippen molar-refractivity contribution < 1.29 is 10.2 Å². The van der Waals surface area contributed by atoms with Gasteiger partial charge in [0.2, 0.25) is 0 Å². The van der Waals surface area contributed by atoms with Crippen molar-refractivity contribution in [1.29, 1.82) is 0 Å². The third kappa shape index (κ3) is 2.34. The van der Waals surface area contributed by atoms with Crippen LogP contribution in [0.3, 0.4) is 0 Å². The van der Waals surface area contributed by atoms with Crippen molar-refractivity contribution in [3.05, 3.63) is 28.8 Å². The second-order valence-corrected chi connectivity index (χ2v) is 3.17. The highest BCUT2D eigenvalue weighted by Crippen LogP contribution is 2.32. The van der Waals surface area contributed by atoms with Crippen molar-refractivity contribution in [2.45, 2.75) is 12.5 Å². The van der Waals surface area contributed by atoms with Gasteiger partial charge < -0.3 is 15.9 Å². The fraction of sp³-hybridized carbons (Fsp3) is 0.333. The van der Waals surface area contributed by atoms with Crippen LogP contribution in [0.1, 0.15) is 18.1 Å². The van der Waals surface area contributed by atoms with E-state index in [-0.39, 0.29) is 5.75 Å². The molecular weight excluding hydrogens is 190 g/mol. The van der Waals surface area contributed by atoms with E-state index in [9.17, 15) is 10.2 Å². The highest BCUT2D eigenvalue weighted by atomic mass is 35.5. The van der Waals surface area contributed by atoms with Gasteiger partial charge in [-0.25, -0.2) is 0 Å². The molecule has 0 amide bonds. The molecule has 3 nitrogen and oxygen atoms in total. The SMILES string of the molecule is NCC[C@@H](O)c1c(O)cccc1Cl. The maximum Gasteiger partial charge on any atom is 0.122 e. The van der Waals surface area contributed by atoms with Crippen molar-refractivity contribution in [2.24, 2.45) is 5.73 Å². The van der Waals surface area contributed by atoms with Crippen molar-refractivity contribution >= 4 is 11.6 Å². The van der Waals surface area contributed by atoms with Gasteiger partial charge in [0.05, 0.1) is 11.1 Å². The molecule has 0 aliphatic rings. The van der Waals surface area contributed by atoms with Gasteiger partial charge >= 0.3 is 0 Å². The average molecular weight is 202 g/mol. The molecular formula is C9H12ClNO2. The summed E-state index contributed by atoms with van der Waals surface area (Å²) in [6.07, 6.45) is -0.407. The predicted molar refractivity (Wildman–Crippen MR) is 51.7 cm³/mol. The van der Waals surface area contributed by atoms with Crippen LogP contribution in [0.15, 0.2) is 18.2 Å². The largest absolute Gasteiger partial charge is 0.508 e. The Balaban J connectivity index is 2.98. The zero-order valence-corrected chi connectivity index (χ0v) is 7.83. The van der Waals surface area contributed by atoms with Gasteiger partial charge in [-0.15, -0.1) is 0 Å². The van der Waals surface area contributed by atoms with Gasteiger partial charge in [-0.3, -0.25) is 0 Å². The number of aromatic hydroxyl groups is 1. The number of phenolic OH excluding ortho intramolecular Hbond substituents is 1. The minimum absolute atomic E-state index is 0.00782. The molecule has 0 aliphatic heterocycles. The van der Waals surface area contributed by atoms with Crippen molar-refractivity contribution in [2.75, 3.05) is 6.54 Å². The van der Waals surface area contributed by atoms with Gasteiger partial charge in [0.15, 0.2) is 0 Å². The third-order valence-corrected chi connectivity index (χ3v) is 2.13. The van der Waals surface area contributed by atoms with Crippen molar-refractivity contribution in [1.82, 2.24) is 0 Å². The first-order chi connectivity index (χ1) is 6.16. The summed E-state index contributed by atoms with van der Waals surface area (Å²) in [4.78, 5) is 0.